The molecule has 2 heterocycles. The van der Waals surface area contributed by atoms with E-state index in [2.05, 4.69) is 60.7 Å². The van der Waals surface area contributed by atoms with Gasteiger partial charge in [0.2, 0.25) is 0 Å². The van der Waals surface area contributed by atoms with E-state index >= 15 is 0 Å². The van der Waals surface area contributed by atoms with Crippen LogP contribution >= 0.6 is 0 Å². The highest BCUT2D eigenvalue weighted by atomic mass is 16.5. The lowest BCUT2D eigenvalue weighted by Gasteiger charge is -2.41. The molecule has 0 atom stereocenters. The minimum Gasteiger partial charge on any atom is -0.373 e. The highest BCUT2D eigenvalue weighted by molar-refractivity contribution is 5.01. The zero-order valence-electron chi connectivity index (χ0n) is 19.1. The number of nitrogens with zero attached hydrogens (tertiary/aromatic N) is 2. The Labute approximate surface area is 189 Å². The Hall–Kier alpha value is -2.08. The third-order valence-corrected chi connectivity index (χ3v) is 5.68. The summed E-state index contributed by atoms with van der Waals surface area (Å²) < 4.78 is 17.9. The van der Waals surface area contributed by atoms with Crippen molar-refractivity contribution in [2.75, 3.05) is 52.6 Å². The summed E-state index contributed by atoms with van der Waals surface area (Å²) in [5.41, 5.74) is -0.416. The second-order valence-corrected chi connectivity index (χ2v) is 8.28. The molecular formula is C26H40N2O3. The molecule has 2 fully saturated rings. The summed E-state index contributed by atoms with van der Waals surface area (Å²) in [5, 5.41) is 0. The van der Waals surface area contributed by atoms with E-state index in [1.165, 1.54) is 0 Å². The van der Waals surface area contributed by atoms with Gasteiger partial charge < -0.3 is 24.0 Å². The van der Waals surface area contributed by atoms with E-state index in [-0.39, 0.29) is 11.2 Å². The largest absolute Gasteiger partial charge is 0.373 e. The molecule has 5 heteroatoms. The summed E-state index contributed by atoms with van der Waals surface area (Å²) in [6, 6.07) is 0. The Morgan fingerprint density at radius 2 is 1.06 bits per heavy atom. The first-order valence-electron chi connectivity index (χ1n) is 11.2. The van der Waals surface area contributed by atoms with Crippen LogP contribution in [-0.4, -0.2) is 73.6 Å². The Morgan fingerprint density at radius 1 is 0.677 bits per heavy atom. The molecule has 0 unspecified atom stereocenters. The molecule has 2 rings (SSSR count). The number of morpholine rings is 2. The van der Waals surface area contributed by atoms with Crippen LogP contribution in [0, 0.1) is 0 Å². The second kappa shape index (κ2) is 13.4. The molecule has 0 bridgehead atoms. The number of rotatable bonds is 14. The number of ether oxygens (including phenoxy) is 3. The van der Waals surface area contributed by atoms with Gasteiger partial charge in [-0.25, -0.2) is 0 Å². The molecule has 172 valence electrons. The van der Waals surface area contributed by atoms with Crippen LogP contribution in [0.3, 0.4) is 0 Å². The molecule has 0 spiro atoms. The van der Waals surface area contributed by atoms with Gasteiger partial charge >= 0.3 is 0 Å². The molecule has 31 heavy (non-hydrogen) atoms. The van der Waals surface area contributed by atoms with Crippen molar-refractivity contribution in [2.24, 2.45) is 0 Å². The van der Waals surface area contributed by atoms with Gasteiger partial charge in [-0.2, -0.15) is 0 Å². The summed E-state index contributed by atoms with van der Waals surface area (Å²) in [5.74, 6) is 0. The van der Waals surface area contributed by atoms with Gasteiger partial charge in [0.05, 0.1) is 37.6 Å². The lowest BCUT2D eigenvalue weighted by atomic mass is 9.93. The van der Waals surface area contributed by atoms with Crippen LogP contribution in [0.15, 0.2) is 75.2 Å². The van der Waals surface area contributed by atoms with Crippen LogP contribution in [0.1, 0.15) is 25.7 Å². The molecule has 0 N–H and O–H groups in total. The highest BCUT2D eigenvalue weighted by Crippen LogP contribution is 2.28. The molecule has 0 saturated carbocycles. The zero-order valence-corrected chi connectivity index (χ0v) is 19.1. The number of hydrogen-bond donors (Lipinski definition) is 0. The van der Waals surface area contributed by atoms with Crippen molar-refractivity contribution < 1.29 is 14.2 Å². The smallest absolute Gasteiger partial charge is 0.0925 e. The van der Waals surface area contributed by atoms with E-state index in [0.717, 1.165) is 51.9 Å². The van der Waals surface area contributed by atoms with Gasteiger partial charge in [0.1, 0.15) is 0 Å². The van der Waals surface area contributed by atoms with Crippen molar-refractivity contribution in [3.63, 3.8) is 0 Å². The van der Waals surface area contributed by atoms with Crippen molar-refractivity contribution in [3.05, 3.63) is 75.2 Å². The Kier molecular flexibility index (Phi) is 10.9. The first-order chi connectivity index (χ1) is 15.1. The molecule has 0 aromatic carbocycles. The third kappa shape index (κ3) is 8.17. The van der Waals surface area contributed by atoms with Gasteiger partial charge in [0.25, 0.3) is 0 Å². The molecule has 0 radical (unpaired) electrons. The fourth-order valence-corrected chi connectivity index (χ4v) is 4.30. The average Bonchev–Trinajstić information content (AvgIpc) is 2.74. The summed E-state index contributed by atoms with van der Waals surface area (Å²) >= 11 is 0. The zero-order chi connectivity index (χ0) is 22.4. The first-order valence-corrected chi connectivity index (χ1v) is 11.2. The molecule has 2 aliphatic rings. The van der Waals surface area contributed by atoms with Gasteiger partial charge in [-0.15, -0.1) is 26.3 Å². The molecule has 0 aromatic heterocycles. The van der Waals surface area contributed by atoms with Crippen LogP contribution < -0.4 is 0 Å². The van der Waals surface area contributed by atoms with E-state index in [4.69, 9.17) is 14.2 Å². The van der Waals surface area contributed by atoms with Gasteiger partial charge in [0.15, 0.2) is 0 Å². The second-order valence-electron chi connectivity index (χ2n) is 8.28. The molecule has 2 aliphatic heterocycles. The van der Waals surface area contributed by atoms with Crippen LogP contribution in [0.25, 0.3) is 0 Å². The SMILES string of the molecule is C=CCC1(CC=C)CN(C=CCOCC=CN2CCOC(CC=C)(CC=C)C2)CCO1. The lowest BCUT2D eigenvalue weighted by Crippen LogP contribution is -2.49. The van der Waals surface area contributed by atoms with Crippen molar-refractivity contribution in [2.45, 2.75) is 36.9 Å². The molecular weight excluding hydrogens is 388 g/mol. The van der Waals surface area contributed by atoms with E-state index in [0.29, 0.717) is 26.4 Å². The first kappa shape index (κ1) is 25.2. The molecule has 5 nitrogen and oxygen atoms in total. The minimum atomic E-state index is -0.208. The predicted octanol–water partition coefficient (Wildman–Crippen LogP) is 4.48. The Bertz CT molecular complexity index is 567. The van der Waals surface area contributed by atoms with Crippen LogP contribution in [0.2, 0.25) is 0 Å². The molecule has 2 saturated heterocycles. The minimum absolute atomic E-state index is 0.208. The topological polar surface area (TPSA) is 34.2 Å². The van der Waals surface area contributed by atoms with Gasteiger partial charge in [-0.05, 0) is 50.2 Å². The van der Waals surface area contributed by atoms with E-state index in [1.807, 2.05) is 24.3 Å². The summed E-state index contributed by atoms with van der Waals surface area (Å²) in [6.07, 6.45) is 19.4. The Morgan fingerprint density at radius 3 is 1.42 bits per heavy atom. The van der Waals surface area contributed by atoms with Crippen LogP contribution in [0.4, 0.5) is 0 Å². The highest BCUT2D eigenvalue weighted by Gasteiger charge is 2.34. The summed E-state index contributed by atoms with van der Waals surface area (Å²) in [4.78, 5) is 4.59. The standard InChI is InChI=1S/C26H40N2O3/c1-5-11-25(12-6-2)23-27(17-21-30-25)15-9-19-29-20-10-16-28-18-22-31-26(24-28,13-7-3)14-8-4/h5-10,15-16H,1-4,11-14,17-24H2. The molecule has 0 aliphatic carbocycles. The van der Waals surface area contributed by atoms with Crippen molar-refractivity contribution in [1.82, 2.24) is 9.80 Å². The Balaban J connectivity index is 1.72. The maximum absolute atomic E-state index is 6.06. The average molecular weight is 429 g/mol. The maximum atomic E-state index is 6.06. The molecule has 0 aromatic rings. The maximum Gasteiger partial charge on any atom is 0.0925 e. The van der Waals surface area contributed by atoms with Crippen LogP contribution in [0.5, 0.6) is 0 Å². The normalized spacial score (nSPS) is 20.8. The monoisotopic (exact) mass is 428 g/mol. The fraction of sp³-hybridized carbons (Fsp3) is 0.538. The quantitative estimate of drug-likeness (QED) is 0.301. The van der Waals surface area contributed by atoms with Crippen molar-refractivity contribution >= 4 is 0 Å². The predicted molar refractivity (Wildman–Crippen MR) is 129 cm³/mol. The third-order valence-electron chi connectivity index (χ3n) is 5.68. The van der Waals surface area contributed by atoms with Gasteiger partial charge in [-0.3, -0.25) is 0 Å². The van der Waals surface area contributed by atoms with E-state index in [9.17, 15) is 0 Å². The lowest BCUT2D eigenvalue weighted by molar-refractivity contribution is -0.0938. The fourth-order valence-electron chi connectivity index (χ4n) is 4.30. The van der Waals surface area contributed by atoms with E-state index < -0.39 is 0 Å². The van der Waals surface area contributed by atoms with Crippen molar-refractivity contribution in [3.8, 4) is 0 Å². The van der Waals surface area contributed by atoms with Crippen molar-refractivity contribution in [1.29, 1.82) is 0 Å². The summed E-state index contributed by atoms with van der Waals surface area (Å²) in [7, 11) is 0. The summed E-state index contributed by atoms with van der Waals surface area (Å²) in [6.45, 7) is 21.6. The van der Waals surface area contributed by atoms with Gasteiger partial charge in [-0.1, -0.05) is 24.3 Å². The van der Waals surface area contributed by atoms with E-state index in [1.54, 1.807) is 0 Å². The number of hydrogen-bond acceptors (Lipinski definition) is 5. The van der Waals surface area contributed by atoms with Gasteiger partial charge in [0, 0.05) is 26.2 Å². The van der Waals surface area contributed by atoms with Crippen LogP contribution in [-0.2, 0) is 14.2 Å². The molecule has 0 amide bonds.